The third-order valence-corrected chi connectivity index (χ3v) is 5.41. The van der Waals surface area contributed by atoms with Gasteiger partial charge in [-0.1, -0.05) is 18.2 Å². The van der Waals surface area contributed by atoms with Gasteiger partial charge in [-0.25, -0.2) is 9.97 Å². The number of nitrogens with one attached hydrogen (secondary N) is 2. The van der Waals surface area contributed by atoms with Gasteiger partial charge in [0, 0.05) is 49.4 Å². The molecule has 0 bridgehead atoms. The lowest BCUT2D eigenvalue weighted by atomic mass is 10.1. The summed E-state index contributed by atoms with van der Waals surface area (Å²) in [7, 11) is 0. The minimum atomic E-state index is -0.0510. The van der Waals surface area contributed by atoms with Crippen molar-refractivity contribution >= 4 is 11.9 Å². The Morgan fingerprint density at radius 3 is 2.77 bits per heavy atom. The molecular formula is C24H28N6O. The quantitative estimate of drug-likeness (QED) is 0.558. The van der Waals surface area contributed by atoms with Gasteiger partial charge in [-0.15, -0.1) is 0 Å². The van der Waals surface area contributed by atoms with Gasteiger partial charge in [-0.3, -0.25) is 9.78 Å². The first-order valence-electron chi connectivity index (χ1n) is 10.8. The first-order valence-corrected chi connectivity index (χ1v) is 10.8. The molecule has 1 amide bonds. The number of anilines is 1. The number of benzene rings is 1. The molecule has 0 atom stereocenters. The van der Waals surface area contributed by atoms with E-state index in [1.165, 1.54) is 12.8 Å². The summed E-state index contributed by atoms with van der Waals surface area (Å²) < 4.78 is 0. The fourth-order valence-electron chi connectivity index (χ4n) is 3.72. The van der Waals surface area contributed by atoms with Crippen LogP contribution >= 0.6 is 0 Å². The SMILES string of the molecule is O=C(NCCN1CCCC1)c1cccc(-c2ccnc(NCCc3cccnc3)n2)c1. The molecule has 3 aromatic rings. The maximum Gasteiger partial charge on any atom is 0.251 e. The number of pyridine rings is 1. The van der Waals surface area contributed by atoms with Gasteiger partial charge in [0.25, 0.3) is 5.91 Å². The lowest BCUT2D eigenvalue weighted by molar-refractivity contribution is 0.0950. The monoisotopic (exact) mass is 416 g/mol. The molecule has 2 N–H and O–H groups in total. The average Bonchev–Trinajstić information content (AvgIpc) is 3.34. The number of amides is 1. The van der Waals surface area contributed by atoms with Crippen molar-refractivity contribution in [2.75, 3.05) is 38.0 Å². The fraction of sp³-hybridized carbons (Fsp3) is 0.333. The summed E-state index contributed by atoms with van der Waals surface area (Å²) in [4.78, 5) is 28.0. The normalized spacial score (nSPS) is 13.8. The number of nitrogens with zero attached hydrogens (tertiary/aromatic N) is 4. The van der Waals surface area contributed by atoms with Crippen molar-refractivity contribution in [3.05, 3.63) is 72.2 Å². The highest BCUT2D eigenvalue weighted by Gasteiger charge is 2.12. The average molecular weight is 417 g/mol. The molecule has 7 nitrogen and oxygen atoms in total. The van der Waals surface area contributed by atoms with E-state index in [9.17, 15) is 4.79 Å². The highest BCUT2D eigenvalue weighted by molar-refractivity contribution is 5.95. The van der Waals surface area contributed by atoms with E-state index < -0.39 is 0 Å². The zero-order chi connectivity index (χ0) is 21.3. The van der Waals surface area contributed by atoms with E-state index >= 15 is 0 Å². The summed E-state index contributed by atoms with van der Waals surface area (Å²) in [6, 6.07) is 13.4. The van der Waals surface area contributed by atoms with Crippen LogP contribution in [0.25, 0.3) is 11.3 Å². The molecule has 0 unspecified atom stereocenters. The van der Waals surface area contributed by atoms with Crippen molar-refractivity contribution in [2.24, 2.45) is 0 Å². The van der Waals surface area contributed by atoms with Gasteiger partial charge >= 0.3 is 0 Å². The van der Waals surface area contributed by atoms with Crippen LogP contribution in [0.15, 0.2) is 61.1 Å². The van der Waals surface area contributed by atoms with E-state index in [1.54, 1.807) is 12.4 Å². The van der Waals surface area contributed by atoms with Crippen LogP contribution in [0.5, 0.6) is 0 Å². The fourth-order valence-corrected chi connectivity index (χ4v) is 3.72. The molecule has 1 aliphatic heterocycles. The molecule has 31 heavy (non-hydrogen) atoms. The first kappa shape index (κ1) is 20.9. The summed E-state index contributed by atoms with van der Waals surface area (Å²) in [5.74, 6) is 0.520. The molecule has 2 aromatic heterocycles. The summed E-state index contributed by atoms with van der Waals surface area (Å²) >= 11 is 0. The number of likely N-dealkylation sites (tertiary alicyclic amines) is 1. The van der Waals surface area contributed by atoms with Crippen molar-refractivity contribution in [1.82, 2.24) is 25.2 Å². The third-order valence-electron chi connectivity index (χ3n) is 5.41. The van der Waals surface area contributed by atoms with Crippen molar-refractivity contribution in [3.63, 3.8) is 0 Å². The van der Waals surface area contributed by atoms with Gasteiger partial charge in [0.15, 0.2) is 0 Å². The molecule has 7 heteroatoms. The predicted molar refractivity (Wildman–Crippen MR) is 122 cm³/mol. The molecule has 4 rings (SSSR count). The zero-order valence-electron chi connectivity index (χ0n) is 17.6. The van der Waals surface area contributed by atoms with E-state index in [0.717, 1.165) is 42.9 Å². The first-order chi connectivity index (χ1) is 15.3. The smallest absolute Gasteiger partial charge is 0.251 e. The Morgan fingerprint density at radius 2 is 1.94 bits per heavy atom. The van der Waals surface area contributed by atoms with Crippen molar-refractivity contribution < 1.29 is 4.79 Å². The maximum absolute atomic E-state index is 12.6. The van der Waals surface area contributed by atoms with E-state index in [-0.39, 0.29) is 5.91 Å². The van der Waals surface area contributed by atoms with Gasteiger partial charge in [-0.05, 0) is 62.2 Å². The van der Waals surface area contributed by atoms with Crippen molar-refractivity contribution in [1.29, 1.82) is 0 Å². The Kier molecular flexibility index (Phi) is 7.18. The minimum absolute atomic E-state index is 0.0510. The van der Waals surface area contributed by atoms with Crippen LogP contribution in [0.2, 0.25) is 0 Å². The molecule has 0 aliphatic carbocycles. The molecule has 0 spiro atoms. The lowest BCUT2D eigenvalue weighted by Crippen LogP contribution is -2.33. The highest BCUT2D eigenvalue weighted by Crippen LogP contribution is 2.19. The van der Waals surface area contributed by atoms with Crippen LogP contribution in [0.1, 0.15) is 28.8 Å². The van der Waals surface area contributed by atoms with Crippen LogP contribution in [0, 0.1) is 0 Å². The van der Waals surface area contributed by atoms with Gasteiger partial charge < -0.3 is 15.5 Å². The Labute approximate surface area is 183 Å². The second-order valence-electron chi connectivity index (χ2n) is 7.69. The van der Waals surface area contributed by atoms with Gasteiger partial charge in [0.2, 0.25) is 5.95 Å². The molecule has 3 heterocycles. The molecule has 1 fully saturated rings. The molecule has 1 aliphatic rings. The van der Waals surface area contributed by atoms with Crippen molar-refractivity contribution in [2.45, 2.75) is 19.3 Å². The summed E-state index contributed by atoms with van der Waals surface area (Å²) in [5, 5.41) is 6.29. The second-order valence-corrected chi connectivity index (χ2v) is 7.69. The molecular weight excluding hydrogens is 388 g/mol. The van der Waals surface area contributed by atoms with Crippen LogP contribution in [-0.4, -0.2) is 58.5 Å². The minimum Gasteiger partial charge on any atom is -0.354 e. The van der Waals surface area contributed by atoms with Crippen LogP contribution in [0.3, 0.4) is 0 Å². The Balaban J connectivity index is 1.34. The molecule has 0 saturated carbocycles. The van der Waals surface area contributed by atoms with Crippen LogP contribution in [-0.2, 0) is 6.42 Å². The number of aromatic nitrogens is 3. The zero-order valence-corrected chi connectivity index (χ0v) is 17.6. The Hall–Kier alpha value is -3.32. The van der Waals surface area contributed by atoms with Crippen LogP contribution in [0.4, 0.5) is 5.95 Å². The molecule has 1 aromatic carbocycles. The predicted octanol–water partition coefficient (Wildman–Crippen LogP) is 3.02. The van der Waals surface area contributed by atoms with Gasteiger partial charge in [0.1, 0.15) is 0 Å². The Bertz CT molecular complexity index is 988. The molecule has 160 valence electrons. The standard InChI is InChI=1S/C24H28N6O/c31-23(26-13-16-30-14-1-2-15-30)21-7-3-6-20(17-21)22-9-12-28-24(29-22)27-11-8-19-5-4-10-25-18-19/h3-7,9-10,12,17-18H,1-2,8,11,13-16H2,(H,26,31)(H,27,28,29). The lowest BCUT2D eigenvalue weighted by Gasteiger charge is -2.14. The summed E-state index contributed by atoms with van der Waals surface area (Å²) in [6.07, 6.45) is 8.72. The van der Waals surface area contributed by atoms with Gasteiger partial charge in [-0.2, -0.15) is 0 Å². The summed E-state index contributed by atoms with van der Waals surface area (Å²) in [5.41, 5.74) is 3.48. The maximum atomic E-state index is 12.6. The third kappa shape index (κ3) is 6.08. The highest BCUT2D eigenvalue weighted by atomic mass is 16.1. The molecule has 0 radical (unpaired) electrons. The number of hydrogen-bond acceptors (Lipinski definition) is 6. The van der Waals surface area contributed by atoms with E-state index in [1.807, 2.05) is 48.7 Å². The number of carbonyl (C=O) groups is 1. The van der Waals surface area contributed by atoms with Gasteiger partial charge in [0.05, 0.1) is 5.69 Å². The van der Waals surface area contributed by atoms with Crippen molar-refractivity contribution in [3.8, 4) is 11.3 Å². The van der Waals surface area contributed by atoms with E-state index in [2.05, 4.69) is 30.5 Å². The summed E-state index contributed by atoms with van der Waals surface area (Å²) in [6.45, 7) is 4.57. The number of rotatable bonds is 9. The van der Waals surface area contributed by atoms with E-state index in [4.69, 9.17) is 0 Å². The largest absolute Gasteiger partial charge is 0.354 e. The van der Waals surface area contributed by atoms with Crippen LogP contribution < -0.4 is 10.6 Å². The Morgan fingerprint density at radius 1 is 1.03 bits per heavy atom. The number of hydrogen-bond donors (Lipinski definition) is 2. The molecule has 1 saturated heterocycles. The topological polar surface area (TPSA) is 83.0 Å². The number of carbonyl (C=O) groups excluding carboxylic acids is 1. The second kappa shape index (κ2) is 10.6. The van der Waals surface area contributed by atoms with E-state index in [0.29, 0.717) is 24.6 Å².